The Morgan fingerprint density at radius 1 is 1.16 bits per heavy atom. The number of halogens is 3. The van der Waals surface area contributed by atoms with Gasteiger partial charge in [-0.1, -0.05) is 33.6 Å². The van der Waals surface area contributed by atoms with Crippen LogP contribution < -0.4 is 0 Å². The fourth-order valence-electron chi connectivity index (χ4n) is 2.00. The summed E-state index contributed by atoms with van der Waals surface area (Å²) in [5, 5.41) is 0.664. The van der Waals surface area contributed by atoms with Gasteiger partial charge in [0.1, 0.15) is 0 Å². The quantitative estimate of drug-likeness (QED) is 0.491. The molecule has 0 bridgehead atoms. The Morgan fingerprint density at radius 2 is 1.95 bits per heavy atom. The molecule has 0 aliphatic heterocycles. The van der Waals surface area contributed by atoms with E-state index in [4.69, 9.17) is 23.8 Å². The van der Waals surface area contributed by atoms with Crippen molar-refractivity contribution in [2.45, 2.75) is 0 Å². The van der Waals surface area contributed by atoms with E-state index in [1.54, 1.807) is 0 Å². The van der Waals surface area contributed by atoms with Crippen molar-refractivity contribution >= 4 is 66.7 Å². The normalized spacial score (nSPS) is 11.1. The number of nitrogens with one attached hydrogen (secondary N) is 1. The van der Waals surface area contributed by atoms with Gasteiger partial charge in [0.15, 0.2) is 4.77 Å². The van der Waals surface area contributed by atoms with Crippen molar-refractivity contribution in [3.63, 3.8) is 0 Å². The fourth-order valence-corrected chi connectivity index (χ4v) is 3.33. The number of hydrogen-bond donors (Lipinski definition) is 1. The van der Waals surface area contributed by atoms with Gasteiger partial charge in [-0.25, -0.2) is 0 Å². The summed E-state index contributed by atoms with van der Waals surface area (Å²) in [6, 6.07) is 11.6. The summed E-state index contributed by atoms with van der Waals surface area (Å²) < 4.78 is 4.48. The molecule has 0 saturated heterocycles. The molecule has 0 unspecified atom stereocenters. The van der Waals surface area contributed by atoms with Crippen LogP contribution in [0.2, 0.25) is 5.02 Å². The maximum Gasteiger partial charge on any atom is 0.182 e. The lowest BCUT2D eigenvalue weighted by Crippen LogP contribution is -1.95. The van der Waals surface area contributed by atoms with Crippen molar-refractivity contribution in [3.05, 3.63) is 55.1 Å². The van der Waals surface area contributed by atoms with Crippen molar-refractivity contribution < 1.29 is 0 Å². The van der Waals surface area contributed by atoms with Crippen LogP contribution in [0.5, 0.6) is 0 Å². The van der Waals surface area contributed by atoms with E-state index in [9.17, 15) is 0 Å². The van der Waals surface area contributed by atoms with Gasteiger partial charge in [-0.2, -0.15) is 0 Å². The lowest BCUT2D eigenvalue weighted by molar-refractivity contribution is 1.06. The average Bonchev–Trinajstić information content (AvgIpc) is 2.70. The summed E-state index contributed by atoms with van der Waals surface area (Å²) in [6.07, 6.45) is 0. The Hall–Kier alpha value is -0.620. The molecule has 3 aromatic rings. The molecule has 0 amide bonds. The molecule has 0 radical (unpaired) electrons. The standard InChI is InChI=1S/C13H7Br2ClN2S/c14-7-4-5-8(15)11(6-7)18-12-9(16)2-1-3-10(12)17-13(18)19/h1-6H,(H,17,19). The Bertz CT molecular complexity index is 838. The summed E-state index contributed by atoms with van der Waals surface area (Å²) >= 11 is 18.7. The molecule has 1 N–H and O–H groups in total. The van der Waals surface area contributed by atoms with E-state index < -0.39 is 0 Å². The lowest BCUT2D eigenvalue weighted by Gasteiger charge is -2.08. The third-order valence-corrected chi connectivity index (χ3v) is 4.56. The van der Waals surface area contributed by atoms with E-state index in [1.165, 1.54) is 0 Å². The maximum absolute atomic E-state index is 6.30. The first kappa shape index (κ1) is 13.4. The largest absolute Gasteiger partial charge is 0.330 e. The summed E-state index contributed by atoms with van der Waals surface area (Å²) in [7, 11) is 0. The van der Waals surface area contributed by atoms with Gasteiger partial charge in [0, 0.05) is 8.95 Å². The number of benzene rings is 2. The van der Waals surface area contributed by atoms with Crippen LogP contribution in [0.1, 0.15) is 0 Å². The second kappa shape index (κ2) is 5.05. The van der Waals surface area contributed by atoms with Crippen LogP contribution in [-0.4, -0.2) is 9.55 Å². The highest BCUT2D eigenvalue weighted by atomic mass is 79.9. The molecule has 2 nitrogen and oxygen atoms in total. The zero-order valence-electron chi connectivity index (χ0n) is 9.45. The lowest BCUT2D eigenvalue weighted by atomic mass is 10.3. The van der Waals surface area contributed by atoms with Crippen molar-refractivity contribution in [2.75, 3.05) is 0 Å². The molecule has 96 valence electrons. The molecule has 0 aliphatic carbocycles. The molecular formula is C13H7Br2ClN2S. The number of nitrogens with zero attached hydrogens (tertiary/aromatic N) is 1. The van der Waals surface area contributed by atoms with E-state index in [2.05, 4.69) is 36.8 Å². The van der Waals surface area contributed by atoms with Gasteiger partial charge >= 0.3 is 0 Å². The third-order valence-electron chi connectivity index (χ3n) is 2.80. The van der Waals surface area contributed by atoms with Crippen molar-refractivity contribution in [3.8, 4) is 5.69 Å². The Labute approximate surface area is 136 Å². The van der Waals surface area contributed by atoms with Crippen LogP contribution in [0.4, 0.5) is 0 Å². The van der Waals surface area contributed by atoms with Crippen LogP contribution in [0.25, 0.3) is 16.7 Å². The smallest absolute Gasteiger partial charge is 0.182 e. The second-order valence-electron chi connectivity index (χ2n) is 4.00. The molecule has 0 aliphatic rings. The van der Waals surface area contributed by atoms with E-state index >= 15 is 0 Å². The van der Waals surface area contributed by atoms with Gasteiger partial charge in [-0.05, 0) is 58.5 Å². The summed E-state index contributed by atoms with van der Waals surface area (Å²) in [6.45, 7) is 0. The molecule has 3 rings (SSSR count). The molecular weight excluding hydrogens is 411 g/mol. The summed E-state index contributed by atoms with van der Waals surface area (Å²) in [5.41, 5.74) is 2.75. The van der Waals surface area contributed by atoms with E-state index in [0.29, 0.717) is 9.79 Å². The molecule has 2 aromatic carbocycles. The number of aromatic amines is 1. The highest BCUT2D eigenvalue weighted by molar-refractivity contribution is 9.11. The molecule has 19 heavy (non-hydrogen) atoms. The zero-order valence-corrected chi connectivity index (χ0v) is 14.2. The Balaban J connectivity index is 2.46. The molecule has 0 saturated carbocycles. The number of para-hydroxylation sites is 1. The average molecular weight is 419 g/mol. The van der Waals surface area contributed by atoms with Gasteiger partial charge in [-0.3, -0.25) is 4.57 Å². The topological polar surface area (TPSA) is 20.7 Å². The minimum atomic E-state index is 0.613. The van der Waals surface area contributed by atoms with Gasteiger partial charge in [0.25, 0.3) is 0 Å². The fraction of sp³-hybridized carbons (Fsp3) is 0. The predicted molar refractivity (Wildman–Crippen MR) is 88.9 cm³/mol. The van der Waals surface area contributed by atoms with Crippen LogP contribution in [-0.2, 0) is 0 Å². The third kappa shape index (κ3) is 2.29. The molecule has 0 spiro atoms. The minimum absolute atomic E-state index is 0.613. The molecule has 1 heterocycles. The van der Waals surface area contributed by atoms with Crippen LogP contribution >= 0.6 is 55.7 Å². The summed E-state index contributed by atoms with van der Waals surface area (Å²) in [5.74, 6) is 0. The van der Waals surface area contributed by atoms with Crippen LogP contribution in [0, 0.1) is 4.77 Å². The van der Waals surface area contributed by atoms with Crippen LogP contribution in [0.15, 0.2) is 45.3 Å². The van der Waals surface area contributed by atoms with Crippen LogP contribution in [0.3, 0.4) is 0 Å². The van der Waals surface area contributed by atoms with Gasteiger partial charge in [0.2, 0.25) is 0 Å². The highest BCUT2D eigenvalue weighted by Gasteiger charge is 2.12. The second-order valence-corrected chi connectivity index (χ2v) is 6.56. The van der Waals surface area contributed by atoms with Gasteiger partial charge in [0.05, 0.1) is 21.7 Å². The number of hydrogen-bond acceptors (Lipinski definition) is 1. The first-order valence-corrected chi connectivity index (χ1v) is 7.80. The molecule has 1 aromatic heterocycles. The first-order valence-electron chi connectivity index (χ1n) is 5.42. The zero-order chi connectivity index (χ0) is 13.6. The van der Waals surface area contributed by atoms with Gasteiger partial charge in [-0.15, -0.1) is 0 Å². The first-order chi connectivity index (χ1) is 9.08. The van der Waals surface area contributed by atoms with E-state index in [-0.39, 0.29) is 0 Å². The number of imidazole rings is 1. The van der Waals surface area contributed by atoms with E-state index in [0.717, 1.165) is 25.7 Å². The van der Waals surface area contributed by atoms with Crippen molar-refractivity contribution in [1.29, 1.82) is 0 Å². The number of aromatic nitrogens is 2. The number of fused-ring (bicyclic) bond motifs is 1. The highest BCUT2D eigenvalue weighted by Crippen LogP contribution is 2.31. The summed E-state index contributed by atoms with van der Waals surface area (Å²) in [4.78, 5) is 3.17. The van der Waals surface area contributed by atoms with E-state index in [1.807, 2.05) is 41.0 Å². The monoisotopic (exact) mass is 416 g/mol. The maximum atomic E-state index is 6.30. The number of rotatable bonds is 1. The Morgan fingerprint density at radius 3 is 2.74 bits per heavy atom. The molecule has 0 fully saturated rings. The molecule has 6 heteroatoms. The van der Waals surface area contributed by atoms with Crippen molar-refractivity contribution in [1.82, 2.24) is 9.55 Å². The number of H-pyrrole nitrogens is 1. The molecule has 0 atom stereocenters. The SMILES string of the molecule is S=c1[nH]c2cccc(Cl)c2n1-c1cc(Br)ccc1Br. The predicted octanol–water partition coefficient (Wildman–Crippen LogP) is 5.87. The van der Waals surface area contributed by atoms with Crippen molar-refractivity contribution in [2.24, 2.45) is 0 Å². The van der Waals surface area contributed by atoms with Gasteiger partial charge < -0.3 is 4.98 Å². The Kier molecular flexibility index (Phi) is 3.55. The minimum Gasteiger partial charge on any atom is -0.330 e.